The van der Waals surface area contributed by atoms with Gasteiger partial charge in [0.05, 0.1) is 12.0 Å². The monoisotopic (exact) mass is 266 g/mol. The first-order valence-electron chi connectivity index (χ1n) is 5.55. The van der Waals surface area contributed by atoms with Crippen molar-refractivity contribution in [2.45, 2.75) is 19.8 Å². The Morgan fingerprint density at radius 2 is 2.05 bits per heavy atom. The van der Waals surface area contributed by atoms with E-state index in [-0.39, 0.29) is 36.0 Å². The Bertz CT molecular complexity index is 513. The minimum Gasteiger partial charge on any atom is -0.490 e. The molecule has 0 aliphatic rings. The number of nitro benzene ring substituents is 1. The molecule has 0 unspecified atom stereocenters. The number of anilines is 1. The third kappa shape index (κ3) is 4.38. The summed E-state index contributed by atoms with van der Waals surface area (Å²) >= 11 is 0. The predicted octanol–water partition coefficient (Wildman–Crippen LogP) is 1.91. The number of rotatable bonds is 6. The van der Waals surface area contributed by atoms with Gasteiger partial charge in [0.25, 0.3) is 0 Å². The van der Waals surface area contributed by atoms with Gasteiger partial charge < -0.3 is 14.8 Å². The van der Waals surface area contributed by atoms with Gasteiger partial charge in [0.1, 0.15) is 5.78 Å². The molecular formula is C12H14N2O5. The standard InChI is InChI=1S/C12H14N2O5/c1-8(15)3-6-12(16)13-9-4-5-11(19-2)10(7-9)14(17)18/h4-5,7H,3,6H2,1-2H3,(H,13,16). The van der Waals surface area contributed by atoms with Crippen molar-refractivity contribution in [3.8, 4) is 5.75 Å². The molecule has 0 heterocycles. The molecule has 1 aromatic rings. The maximum absolute atomic E-state index is 11.5. The fraction of sp³-hybridized carbons (Fsp3) is 0.333. The van der Waals surface area contributed by atoms with Crippen molar-refractivity contribution in [1.82, 2.24) is 0 Å². The number of nitro groups is 1. The zero-order valence-corrected chi connectivity index (χ0v) is 10.6. The molecule has 0 bridgehead atoms. The first-order chi connectivity index (χ1) is 8.93. The molecule has 1 aromatic carbocycles. The van der Waals surface area contributed by atoms with Crippen molar-refractivity contribution in [3.63, 3.8) is 0 Å². The van der Waals surface area contributed by atoms with Crippen LogP contribution in [0.25, 0.3) is 0 Å². The van der Waals surface area contributed by atoms with Crippen LogP contribution in [0.4, 0.5) is 11.4 Å². The first-order valence-corrected chi connectivity index (χ1v) is 5.55. The summed E-state index contributed by atoms with van der Waals surface area (Å²) in [4.78, 5) is 32.4. The minimum absolute atomic E-state index is 0.0508. The first kappa shape index (κ1) is 14.6. The molecule has 7 nitrogen and oxygen atoms in total. The quantitative estimate of drug-likeness (QED) is 0.626. The van der Waals surface area contributed by atoms with Gasteiger partial charge in [0.2, 0.25) is 5.91 Å². The van der Waals surface area contributed by atoms with Crippen molar-refractivity contribution < 1.29 is 19.2 Å². The number of ether oxygens (including phenoxy) is 1. The summed E-state index contributed by atoms with van der Waals surface area (Å²) in [5.41, 5.74) is 0.0629. The Morgan fingerprint density at radius 1 is 1.37 bits per heavy atom. The van der Waals surface area contributed by atoms with E-state index in [0.29, 0.717) is 5.69 Å². The lowest BCUT2D eigenvalue weighted by Crippen LogP contribution is -2.12. The number of hydrogen-bond acceptors (Lipinski definition) is 5. The Kier molecular flexibility index (Phi) is 4.99. The summed E-state index contributed by atoms with van der Waals surface area (Å²) in [6, 6.07) is 4.11. The van der Waals surface area contributed by atoms with Crippen LogP contribution >= 0.6 is 0 Å². The van der Waals surface area contributed by atoms with E-state index < -0.39 is 4.92 Å². The number of methoxy groups -OCH3 is 1. The Morgan fingerprint density at radius 3 is 2.58 bits per heavy atom. The Labute approximate surface area is 109 Å². The second-order valence-electron chi connectivity index (χ2n) is 3.89. The summed E-state index contributed by atoms with van der Waals surface area (Å²) in [5.74, 6) is -0.336. The fourth-order valence-electron chi connectivity index (χ4n) is 1.42. The normalized spacial score (nSPS) is 9.79. The highest BCUT2D eigenvalue weighted by molar-refractivity contribution is 5.93. The van der Waals surface area contributed by atoms with E-state index in [1.807, 2.05) is 0 Å². The van der Waals surface area contributed by atoms with E-state index in [1.54, 1.807) is 0 Å². The van der Waals surface area contributed by atoms with Crippen LogP contribution in [0.1, 0.15) is 19.8 Å². The minimum atomic E-state index is -0.593. The fourth-order valence-corrected chi connectivity index (χ4v) is 1.42. The van der Waals surface area contributed by atoms with Gasteiger partial charge in [-0.25, -0.2) is 0 Å². The highest BCUT2D eigenvalue weighted by atomic mass is 16.6. The third-order valence-electron chi connectivity index (χ3n) is 2.36. The van der Waals surface area contributed by atoms with Crippen LogP contribution in [0.15, 0.2) is 18.2 Å². The molecule has 0 saturated carbocycles. The van der Waals surface area contributed by atoms with Crippen molar-refractivity contribution in [2.24, 2.45) is 0 Å². The molecule has 19 heavy (non-hydrogen) atoms. The SMILES string of the molecule is COc1ccc(NC(=O)CCC(C)=O)cc1[N+](=O)[O-]. The molecule has 0 saturated heterocycles. The maximum Gasteiger partial charge on any atom is 0.312 e. The molecule has 1 N–H and O–H groups in total. The van der Waals surface area contributed by atoms with Crippen LogP contribution in [-0.4, -0.2) is 23.7 Å². The van der Waals surface area contributed by atoms with Crippen molar-refractivity contribution >= 4 is 23.1 Å². The summed E-state index contributed by atoms with van der Waals surface area (Å²) < 4.78 is 4.85. The van der Waals surface area contributed by atoms with Gasteiger partial charge in [0.15, 0.2) is 5.75 Å². The van der Waals surface area contributed by atoms with Crippen molar-refractivity contribution in [3.05, 3.63) is 28.3 Å². The lowest BCUT2D eigenvalue weighted by molar-refractivity contribution is -0.385. The van der Waals surface area contributed by atoms with Gasteiger partial charge in [-0.15, -0.1) is 0 Å². The molecule has 0 radical (unpaired) electrons. The van der Waals surface area contributed by atoms with Crippen molar-refractivity contribution in [2.75, 3.05) is 12.4 Å². The number of Topliss-reactive ketones (excluding diaryl/α,β-unsaturated/α-hetero) is 1. The van der Waals surface area contributed by atoms with Gasteiger partial charge in [-0.2, -0.15) is 0 Å². The average Bonchev–Trinajstić information content (AvgIpc) is 2.36. The van der Waals surface area contributed by atoms with Gasteiger partial charge in [0, 0.05) is 24.6 Å². The molecule has 1 amide bonds. The Balaban J connectivity index is 2.79. The number of amides is 1. The zero-order valence-electron chi connectivity index (χ0n) is 10.6. The number of ketones is 1. The summed E-state index contributed by atoms with van der Waals surface area (Å²) in [6.45, 7) is 1.39. The summed E-state index contributed by atoms with van der Waals surface area (Å²) in [7, 11) is 1.33. The molecule has 0 fully saturated rings. The van der Waals surface area contributed by atoms with E-state index in [0.717, 1.165) is 0 Å². The highest BCUT2D eigenvalue weighted by Gasteiger charge is 2.16. The molecule has 0 aliphatic carbocycles. The summed E-state index contributed by atoms with van der Waals surface area (Å²) in [6.07, 6.45) is 0.194. The van der Waals surface area contributed by atoms with Gasteiger partial charge in [-0.3, -0.25) is 14.9 Å². The number of benzene rings is 1. The lowest BCUT2D eigenvalue weighted by atomic mass is 10.2. The zero-order chi connectivity index (χ0) is 14.4. The van der Waals surface area contributed by atoms with Crippen LogP contribution in [0, 0.1) is 10.1 Å². The van der Waals surface area contributed by atoms with Crippen LogP contribution in [0.5, 0.6) is 5.75 Å². The van der Waals surface area contributed by atoms with Gasteiger partial charge >= 0.3 is 5.69 Å². The van der Waals surface area contributed by atoms with Gasteiger partial charge in [-0.05, 0) is 19.1 Å². The Hall–Kier alpha value is -2.44. The number of nitrogens with zero attached hydrogens (tertiary/aromatic N) is 1. The number of hydrogen-bond donors (Lipinski definition) is 1. The number of carbonyl (C=O) groups excluding carboxylic acids is 2. The molecule has 0 spiro atoms. The molecule has 102 valence electrons. The summed E-state index contributed by atoms with van der Waals surface area (Å²) in [5, 5.41) is 13.3. The maximum atomic E-state index is 11.5. The van der Waals surface area contributed by atoms with E-state index in [2.05, 4.69) is 5.32 Å². The largest absolute Gasteiger partial charge is 0.490 e. The van der Waals surface area contributed by atoms with E-state index >= 15 is 0 Å². The van der Waals surface area contributed by atoms with Crippen LogP contribution in [-0.2, 0) is 9.59 Å². The van der Waals surface area contributed by atoms with Crippen LogP contribution in [0.3, 0.4) is 0 Å². The topological polar surface area (TPSA) is 98.5 Å². The van der Waals surface area contributed by atoms with Crippen molar-refractivity contribution in [1.29, 1.82) is 0 Å². The molecule has 1 rings (SSSR count). The van der Waals surface area contributed by atoms with E-state index in [1.165, 1.54) is 32.2 Å². The molecule has 0 atom stereocenters. The number of nitrogens with one attached hydrogen (secondary N) is 1. The molecule has 0 aromatic heterocycles. The number of carbonyl (C=O) groups is 2. The second-order valence-corrected chi connectivity index (χ2v) is 3.89. The smallest absolute Gasteiger partial charge is 0.312 e. The highest BCUT2D eigenvalue weighted by Crippen LogP contribution is 2.29. The van der Waals surface area contributed by atoms with Gasteiger partial charge in [-0.1, -0.05) is 0 Å². The molecular weight excluding hydrogens is 252 g/mol. The average molecular weight is 266 g/mol. The lowest BCUT2D eigenvalue weighted by Gasteiger charge is -2.06. The molecule has 0 aliphatic heterocycles. The van der Waals surface area contributed by atoms with Crippen LogP contribution < -0.4 is 10.1 Å². The van der Waals surface area contributed by atoms with Crippen LogP contribution in [0.2, 0.25) is 0 Å². The third-order valence-corrected chi connectivity index (χ3v) is 2.36. The predicted molar refractivity (Wildman–Crippen MR) is 68.2 cm³/mol. The second kappa shape index (κ2) is 6.48. The molecule has 7 heteroatoms. The van der Waals surface area contributed by atoms with E-state index in [4.69, 9.17) is 4.74 Å². The van der Waals surface area contributed by atoms with E-state index in [9.17, 15) is 19.7 Å².